The molecule has 0 aliphatic carbocycles. The van der Waals surface area contributed by atoms with Crippen molar-refractivity contribution >= 4 is 23.1 Å². The van der Waals surface area contributed by atoms with Gasteiger partial charge < -0.3 is 14.8 Å². The van der Waals surface area contributed by atoms with Gasteiger partial charge in [-0.15, -0.1) is 4.72 Å². The highest BCUT2D eigenvalue weighted by Gasteiger charge is 2.31. The van der Waals surface area contributed by atoms with E-state index < -0.39 is 11.4 Å². The molecule has 1 atom stereocenters. The normalized spacial score (nSPS) is 17.2. The summed E-state index contributed by atoms with van der Waals surface area (Å²) < 4.78 is 15.1. The van der Waals surface area contributed by atoms with Crippen LogP contribution in [-0.4, -0.2) is 39.4 Å². The number of likely N-dealkylation sites (tertiary alicyclic amines) is 1. The van der Waals surface area contributed by atoms with Crippen LogP contribution in [0.25, 0.3) is 0 Å². The fraction of sp³-hybridized carbons (Fsp3) is 0.650. The molecule has 2 amide bonds. The lowest BCUT2D eigenvalue weighted by Gasteiger charge is -2.34. The molecule has 0 saturated carbocycles. The van der Waals surface area contributed by atoms with E-state index in [4.69, 9.17) is 0 Å². The van der Waals surface area contributed by atoms with Crippen LogP contribution in [0.4, 0.5) is 10.5 Å². The largest absolute Gasteiger partial charge is 0.598 e. The Morgan fingerprint density at radius 1 is 1.23 bits per heavy atom. The number of anilines is 1. The Kier molecular flexibility index (Phi) is 7.80. The number of urea groups is 1. The highest BCUT2D eigenvalue weighted by molar-refractivity contribution is 7.90. The Bertz CT molecular complexity index is 563. The maximum absolute atomic E-state index is 12.4. The second-order valence-electron chi connectivity index (χ2n) is 7.99. The first kappa shape index (κ1) is 21.1. The van der Waals surface area contributed by atoms with Crippen LogP contribution < -0.4 is 10.0 Å². The minimum Gasteiger partial charge on any atom is -0.598 e. The summed E-state index contributed by atoms with van der Waals surface area (Å²) in [4.78, 5) is 14.3. The molecule has 0 spiro atoms. The average molecular weight is 380 g/mol. The second kappa shape index (κ2) is 9.62. The van der Waals surface area contributed by atoms with Gasteiger partial charge in [-0.05, 0) is 64.2 Å². The quantitative estimate of drug-likeness (QED) is 0.732. The lowest BCUT2D eigenvalue weighted by atomic mass is 10.1. The van der Waals surface area contributed by atoms with E-state index in [-0.39, 0.29) is 16.8 Å². The molecule has 2 N–H and O–H groups in total. The Morgan fingerprint density at radius 3 is 2.38 bits per heavy atom. The molecule has 0 aromatic heterocycles. The molecule has 2 rings (SSSR count). The van der Waals surface area contributed by atoms with Crippen molar-refractivity contribution in [2.45, 2.75) is 70.6 Å². The van der Waals surface area contributed by atoms with Gasteiger partial charge in [-0.3, -0.25) is 0 Å². The second-order valence-corrected chi connectivity index (χ2v) is 9.99. The minimum absolute atomic E-state index is 0.0540. The maximum Gasteiger partial charge on any atom is 0.321 e. The minimum atomic E-state index is -1.06. The van der Waals surface area contributed by atoms with Crippen molar-refractivity contribution in [3.05, 3.63) is 29.8 Å². The number of nitrogens with zero attached hydrogens (tertiary/aromatic N) is 1. The Balaban J connectivity index is 1.77. The predicted molar refractivity (Wildman–Crippen MR) is 110 cm³/mol. The zero-order chi connectivity index (χ0) is 19.2. The summed E-state index contributed by atoms with van der Waals surface area (Å²) in [5.74, 6) is 0. The van der Waals surface area contributed by atoms with E-state index >= 15 is 0 Å². The number of unbranched alkanes of at least 4 members (excludes halogenated alkanes) is 1. The van der Waals surface area contributed by atoms with Crippen LogP contribution in [0.2, 0.25) is 0 Å². The van der Waals surface area contributed by atoms with E-state index in [0.717, 1.165) is 24.9 Å². The molecule has 1 heterocycles. The molecule has 1 saturated heterocycles. The van der Waals surface area contributed by atoms with E-state index in [1.54, 1.807) is 0 Å². The van der Waals surface area contributed by atoms with Gasteiger partial charge >= 0.3 is 6.03 Å². The molecule has 0 radical (unpaired) electrons. The number of rotatable bonds is 6. The van der Waals surface area contributed by atoms with Crippen LogP contribution >= 0.6 is 0 Å². The molecule has 1 aromatic carbocycles. The van der Waals surface area contributed by atoms with Crippen LogP contribution in [0.15, 0.2) is 24.3 Å². The van der Waals surface area contributed by atoms with Crippen molar-refractivity contribution in [1.82, 2.24) is 9.62 Å². The molecule has 1 aromatic rings. The molecule has 1 fully saturated rings. The van der Waals surface area contributed by atoms with E-state index in [2.05, 4.69) is 29.1 Å². The first-order valence-corrected chi connectivity index (χ1v) is 10.8. The van der Waals surface area contributed by atoms with Gasteiger partial charge in [-0.25, -0.2) is 4.79 Å². The standard InChI is InChI=1S/C20H33N3O2S/c1-5-6-7-16-8-10-17(11-9-16)21-19(24)23-14-12-18(13-15-23)22-26(25)20(2,3)4/h8-11,18,22H,5-7,12-15H2,1-4H3,(H,21,24). The van der Waals surface area contributed by atoms with E-state index in [1.165, 1.54) is 18.4 Å². The van der Waals surface area contributed by atoms with Gasteiger partial charge in [0.1, 0.15) is 4.75 Å². The lowest BCUT2D eigenvalue weighted by molar-refractivity contribution is 0.193. The van der Waals surface area contributed by atoms with Gasteiger partial charge in [0.2, 0.25) is 0 Å². The van der Waals surface area contributed by atoms with Gasteiger partial charge in [0.15, 0.2) is 0 Å². The van der Waals surface area contributed by atoms with Gasteiger partial charge in [0.05, 0.1) is 6.04 Å². The Labute approximate surface area is 161 Å². The molecular formula is C20H33N3O2S. The summed E-state index contributed by atoms with van der Waals surface area (Å²) in [5.41, 5.74) is 2.15. The first-order chi connectivity index (χ1) is 12.3. The number of benzene rings is 1. The van der Waals surface area contributed by atoms with Crippen molar-refractivity contribution in [2.24, 2.45) is 0 Å². The Morgan fingerprint density at radius 2 is 1.85 bits per heavy atom. The molecular weight excluding hydrogens is 346 g/mol. The van der Waals surface area contributed by atoms with E-state index in [0.29, 0.717) is 13.1 Å². The predicted octanol–water partition coefficient (Wildman–Crippen LogP) is 4.08. The van der Waals surface area contributed by atoms with Gasteiger partial charge in [0.25, 0.3) is 0 Å². The summed E-state index contributed by atoms with van der Waals surface area (Å²) in [6.07, 6.45) is 5.11. The topological polar surface area (TPSA) is 67.4 Å². The number of carbonyl (C=O) groups is 1. The molecule has 6 heteroatoms. The number of amides is 2. The van der Waals surface area contributed by atoms with E-state index in [1.807, 2.05) is 37.8 Å². The summed E-state index contributed by atoms with van der Waals surface area (Å²) >= 11 is -1.06. The van der Waals surface area contributed by atoms with Gasteiger partial charge in [0, 0.05) is 30.1 Å². The molecule has 5 nitrogen and oxygen atoms in total. The number of hydrogen-bond donors (Lipinski definition) is 2. The van der Waals surface area contributed by atoms with Crippen molar-refractivity contribution in [1.29, 1.82) is 0 Å². The molecule has 26 heavy (non-hydrogen) atoms. The van der Waals surface area contributed by atoms with Gasteiger partial charge in [-0.2, -0.15) is 0 Å². The highest BCUT2D eigenvalue weighted by Crippen LogP contribution is 2.19. The lowest BCUT2D eigenvalue weighted by Crippen LogP contribution is -2.50. The monoisotopic (exact) mass is 379 g/mol. The fourth-order valence-corrected chi connectivity index (χ4v) is 3.76. The molecule has 1 unspecified atom stereocenters. The summed E-state index contributed by atoms with van der Waals surface area (Å²) in [5, 5.41) is 2.98. The third-order valence-corrected chi connectivity index (χ3v) is 6.30. The van der Waals surface area contributed by atoms with Crippen molar-refractivity contribution in [2.75, 3.05) is 18.4 Å². The molecule has 1 aliphatic heterocycles. The molecule has 1 aliphatic rings. The molecule has 0 bridgehead atoms. The van der Waals surface area contributed by atoms with Gasteiger partial charge in [-0.1, -0.05) is 25.5 Å². The average Bonchev–Trinajstić information content (AvgIpc) is 2.61. The van der Waals surface area contributed by atoms with Crippen LogP contribution in [0.1, 0.15) is 58.9 Å². The fourth-order valence-electron chi connectivity index (χ4n) is 2.87. The zero-order valence-electron chi connectivity index (χ0n) is 16.5. The Hall–Kier alpha value is -1.24. The third-order valence-electron chi connectivity index (χ3n) is 4.64. The number of hydrogen-bond acceptors (Lipinski definition) is 3. The summed E-state index contributed by atoms with van der Waals surface area (Å²) in [6.45, 7) is 9.44. The zero-order valence-corrected chi connectivity index (χ0v) is 17.3. The van der Waals surface area contributed by atoms with Crippen molar-refractivity contribution in [3.63, 3.8) is 0 Å². The first-order valence-electron chi connectivity index (χ1n) is 9.62. The number of aryl methyl sites for hydroxylation is 1. The van der Waals surface area contributed by atoms with Crippen molar-refractivity contribution in [3.8, 4) is 0 Å². The number of piperidine rings is 1. The highest BCUT2D eigenvalue weighted by atomic mass is 32.2. The molecule has 146 valence electrons. The summed E-state index contributed by atoms with van der Waals surface area (Å²) in [6, 6.07) is 8.28. The third kappa shape index (κ3) is 6.49. The van der Waals surface area contributed by atoms with Crippen molar-refractivity contribution < 1.29 is 9.35 Å². The smallest absolute Gasteiger partial charge is 0.321 e. The van der Waals surface area contributed by atoms with Crippen LogP contribution in [-0.2, 0) is 17.8 Å². The number of nitrogens with one attached hydrogen (secondary N) is 2. The van der Waals surface area contributed by atoms with Crippen LogP contribution in [0.3, 0.4) is 0 Å². The maximum atomic E-state index is 12.4. The summed E-state index contributed by atoms with van der Waals surface area (Å²) in [7, 11) is 0. The SMILES string of the molecule is CCCCc1ccc(NC(=O)N2CCC(N[S+]([O-])C(C)(C)C)CC2)cc1. The van der Waals surface area contributed by atoms with E-state index in [9.17, 15) is 9.35 Å². The van der Waals surface area contributed by atoms with Crippen LogP contribution in [0.5, 0.6) is 0 Å². The number of carbonyl (C=O) groups excluding carboxylic acids is 1. The van der Waals surface area contributed by atoms with Crippen LogP contribution in [0, 0.1) is 0 Å².